The Morgan fingerprint density at radius 1 is 1.23 bits per heavy atom. The maximum absolute atomic E-state index is 13.4. The van der Waals surface area contributed by atoms with Gasteiger partial charge in [0.05, 0.1) is 13.3 Å². The molecule has 8 heteroatoms. The van der Waals surface area contributed by atoms with E-state index in [0.29, 0.717) is 18.8 Å². The molecule has 0 aliphatic carbocycles. The molecule has 0 radical (unpaired) electrons. The van der Waals surface area contributed by atoms with Crippen LogP contribution in [0.5, 0.6) is 5.75 Å². The zero-order valence-electron chi connectivity index (χ0n) is 17.7. The van der Waals surface area contributed by atoms with Crippen molar-refractivity contribution in [3.8, 4) is 5.75 Å². The maximum Gasteiger partial charge on any atom is 0.246 e. The summed E-state index contributed by atoms with van der Waals surface area (Å²) in [6, 6.07) is 9.30. The zero-order chi connectivity index (χ0) is 21.3. The van der Waals surface area contributed by atoms with Gasteiger partial charge in [0.2, 0.25) is 10.0 Å². The summed E-state index contributed by atoms with van der Waals surface area (Å²) in [5.74, 6) is 0.435. The van der Waals surface area contributed by atoms with E-state index < -0.39 is 10.0 Å². The molecule has 0 spiro atoms. The van der Waals surface area contributed by atoms with E-state index in [1.54, 1.807) is 16.4 Å². The van der Waals surface area contributed by atoms with Gasteiger partial charge in [-0.05, 0) is 56.0 Å². The highest BCUT2D eigenvalue weighted by molar-refractivity contribution is 7.89. The summed E-state index contributed by atoms with van der Waals surface area (Å²) in [4.78, 5) is 5.10. The molecule has 160 valence electrons. The summed E-state index contributed by atoms with van der Waals surface area (Å²) in [5.41, 5.74) is 2.69. The standard InChI is InChI=1S/C22H28N4O3S/c1-4-11-26-22-17(14-23-26)8-9-19(24-22)18-6-5-12-25(15-18)30(27,28)21-13-16(2)7-10-20(21)29-3/h7-10,13-14,18H,4-6,11-12,15H2,1-3H3. The van der Waals surface area contributed by atoms with Crippen molar-refractivity contribution in [3.63, 3.8) is 0 Å². The average Bonchev–Trinajstić information content (AvgIpc) is 3.16. The van der Waals surface area contributed by atoms with Crippen LogP contribution in [-0.4, -0.2) is 47.7 Å². The number of nitrogens with zero attached hydrogens (tertiary/aromatic N) is 4. The Labute approximate surface area is 177 Å². The number of piperidine rings is 1. The molecule has 3 heterocycles. The predicted molar refractivity (Wildman–Crippen MR) is 116 cm³/mol. The van der Waals surface area contributed by atoms with Crippen molar-refractivity contribution in [1.29, 1.82) is 0 Å². The summed E-state index contributed by atoms with van der Waals surface area (Å²) in [7, 11) is -2.15. The van der Waals surface area contributed by atoms with Crippen molar-refractivity contribution < 1.29 is 13.2 Å². The third kappa shape index (κ3) is 3.81. The molecule has 7 nitrogen and oxygen atoms in total. The minimum atomic E-state index is -3.65. The highest BCUT2D eigenvalue weighted by atomic mass is 32.2. The lowest BCUT2D eigenvalue weighted by atomic mass is 9.95. The van der Waals surface area contributed by atoms with Crippen LogP contribution in [0.3, 0.4) is 0 Å². The van der Waals surface area contributed by atoms with E-state index in [1.807, 2.05) is 36.0 Å². The minimum absolute atomic E-state index is 0.0544. The fraction of sp³-hybridized carbons (Fsp3) is 0.455. The molecule has 1 aliphatic rings. The second kappa shape index (κ2) is 8.35. The lowest BCUT2D eigenvalue weighted by Crippen LogP contribution is -2.39. The molecule has 30 heavy (non-hydrogen) atoms. The summed E-state index contributed by atoms with van der Waals surface area (Å²) in [6.45, 7) is 5.74. The van der Waals surface area contributed by atoms with E-state index in [0.717, 1.165) is 48.1 Å². The van der Waals surface area contributed by atoms with Gasteiger partial charge in [-0.25, -0.2) is 18.1 Å². The van der Waals surface area contributed by atoms with Crippen LogP contribution in [0.4, 0.5) is 0 Å². The number of pyridine rings is 1. The highest BCUT2D eigenvalue weighted by Crippen LogP contribution is 2.33. The van der Waals surface area contributed by atoms with Gasteiger partial charge in [0.1, 0.15) is 10.6 Å². The average molecular weight is 429 g/mol. The number of hydrogen-bond donors (Lipinski definition) is 0. The van der Waals surface area contributed by atoms with Gasteiger partial charge in [-0.1, -0.05) is 13.0 Å². The van der Waals surface area contributed by atoms with E-state index in [9.17, 15) is 8.42 Å². The van der Waals surface area contributed by atoms with Gasteiger partial charge in [0.25, 0.3) is 0 Å². The molecule has 3 aromatic rings. The number of sulfonamides is 1. The van der Waals surface area contributed by atoms with E-state index in [-0.39, 0.29) is 10.8 Å². The SMILES string of the molecule is CCCn1ncc2ccc(C3CCCN(S(=O)(=O)c4cc(C)ccc4OC)C3)nc21. The molecule has 1 aliphatic heterocycles. The molecule has 1 unspecified atom stereocenters. The van der Waals surface area contributed by atoms with Crippen molar-refractivity contribution in [1.82, 2.24) is 19.1 Å². The molecule has 0 N–H and O–H groups in total. The molecule has 0 saturated carbocycles. The first kappa shape index (κ1) is 20.8. The first-order chi connectivity index (χ1) is 14.4. The summed E-state index contributed by atoms with van der Waals surface area (Å²) in [5, 5.41) is 5.44. The third-order valence-corrected chi connectivity index (χ3v) is 7.57. The van der Waals surface area contributed by atoms with E-state index in [2.05, 4.69) is 12.0 Å². The number of fused-ring (bicyclic) bond motifs is 1. The van der Waals surface area contributed by atoms with Gasteiger partial charge in [-0.2, -0.15) is 9.40 Å². The van der Waals surface area contributed by atoms with Gasteiger partial charge in [-0.3, -0.25) is 0 Å². The maximum atomic E-state index is 13.4. The van der Waals surface area contributed by atoms with Crippen molar-refractivity contribution >= 4 is 21.1 Å². The van der Waals surface area contributed by atoms with Crippen LogP contribution in [0, 0.1) is 6.92 Å². The molecule has 2 aromatic heterocycles. The van der Waals surface area contributed by atoms with Gasteiger partial charge in [0, 0.05) is 36.6 Å². The van der Waals surface area contributed by atoms with Crippen molar-refractivity contribution in [3.05, 3.63) is 47.8 Å². The lowest BCUT2D eigenvalue weighted by molar-refractivity contribution is 0.311. The van der Waals surface area contributed by atoms with Crippen molar-refractivity contribution in [2.75, 3.05) is 20.2 Å². The molecule has 0 bridgehead atoms. The quantitative estimate of drug-likeness (QED) is 0.598. The predicted octanol–water partition coefficient (Wildman–Crippen LogP) is 3.73. The minimum Gasteiger partial charge on any atom is -0.495 e. The van der Waals surface area contributed by atoms with E-state index in [4.69, 9.17) is 9.72 Å². The van der Waals surface area contributed by atoms with Crippen LogP contribution in [-0.2, 0) is 16.6 Å². The number of aromatic nitrogens is 3. The molecule has 0 amide bonds. The summed E-state index contributed by atoms with van der Waals surface area (Å²) in [6.07, 6.45) is 4.53. The highest BCUT2D eigenvalue weighted by Gasteiger charge is 2.33. The normalized spacial score (nSPS) is 18.0. The summed E-state index contributed by atoms with van der Waals surface area (Å²) >= 11 is 0. The van der Waals surface area contributed by atoms with Gasteiger partial charge in [-0.15, -0.1) is 0 Å². The van der Waals surface area contributed by atoms with Crippen LogP contribution in [0.15, 0.2) is 41.4 Å². The number of hydrogen-bond acceptors (Lipinski definition) is 5. The Morgan fingerprint density at radius 3 is 2.83 bits per heavy atom. The first-order valence-electron chi connectivity index (χ1n) is 10.4. The topological polar surface area (TPSA) is 77.3 Å². The fourth-order valence-electron chi connectivity index (χ4n) is 4.10. The molecular formula is C22H28N4O3S. The fourth-order valence-corrected chi connectivity index (χ4v) is 5.86. The van der Waals surface area contributed by atoms with Gasteiger partial charge in [0.15, 0.2) is 5.65 Å². The number of rotatable bonds is 6. The Kier molecular flexibility index (Phi) is 5.79. The van der Waals surface area contributed by atoms with Gasteiger partial charge < -0.3 is 4.74 Å². The second-order valence-electron chi connectivity index (χ2n) is 7.87. The molecule has 4 rings (SSSR count). The van der Waals surface area contributed by atoms with E-state index in [1.165, 1.54) is 7.11 Å². The molecule has 1 aromatic carbocycles. The number of methoxy groups -OCH3 is 1. The number of ether oxygens (including phenoxy) is 1. The number of aryl methyl sites for hydroxylation is 2. The Balaban J connectivity index is 1.64. The van der Waals surface area contributed by atoms with Crippen molar-refractivity contribution in [2.24, 2.45) is 0 Å². The smallest absolute Gasteiger partial charge is 0.246 e. The third-order valence-electron chi connectivity index (χ3n) is 5.68. The monoisotopic (exact) mass is 428 g/mol. The second-order valence-corrected chi connectivity index (χ2v) is 9.78. The molecule has 1 saturated heterocycles. The van der Waals surface area contributed by atoms with Crippen LogP contribution in [0.1, 0.15) is 43.4 Å². The van der Waals surface area contributed by atoms with Crippen LogP contribution in [0.2, 0.25) is 0 Å². The summed E-state index contributed by atoms with van der Waals surface area (Å²) < 4.78 is 35.7. The van der Waals surface area contributed by atoms with Crippen molar-refractivity contribution in [2.45, 2.75) is 50.5 Å². The Bertz CT molecular complexity index is 1160. The zero-order valence-corrected chi connectivity index (χ0v) is 18.5. The van der Waals surface area contributed by atoms with Crippen LogP contribution < -0.4 is 4.74 Å². The molecule has 1 fully saturated rings. The van der Waals surface area contributed by atoms with Crippen LogP contribution >= 0.6 is 0 Å². The van der Waals surface area contributed by atoms with Crippen LogP contribution in [0.25, 0.3) is 11.0 Å². The number of benzene rings is 1. The Morgan fingerprint density at radius 2 is 2.07 bits per heavy atom. The first-order valence-corrected chi connectivity index (χ1v) is 11.8. The molecular weight excluding hydrogens is 400 g/mol. The van der Waals surface area contributed by atoms with Gasteiger partial charge >= 0.3 is 0 Å². The Hall–Kier alpha value is -2.45. The van der Waals surface area contributed by atoms with E-state index >= 15 is 0 Å². The molecule has 1 atom stereocenters. The largest absolute Gasteiger partial charge is 0.495 e. The lowest BCUT2D eigenvalue weighted by Gasteiger charge is -2.32.